The molecule has 2 heterocycles. The average Bonchev–Trinajstić information content (AvgIpc) is 3.24. The van der Waals surface area contributed by atoms with Crippen molar-refractivity contribution in [3.8, 4) is 0 Å². The van der Waals surface area contributed by atoms with E-state index in [4.69, 9.17) is 4.42 Å². The molecule has 2 aromatic heterocycles. The highest BCUT2D eigenvalue weighted by Gasteiger charge is 2.19. The van der Waals surface area contributed by atoms with Gasteiger partial charge in [0, 0.05) is 11.4 Å². The van der Waals surface area contributed by atoms with Crippen LogP contribution in [-0.2, 0) is 4.79 Å². The summed E-state index contributed by atoms with van der Waals surface area (Å²) in [6.45, 7) is 0. The Morgan fingerprint density at radius 3 is 2.28 bits per heavy atom. The van der Waals surface area contributed by atoms with Crippen LogP contribution in [0.15, 0.2) is 76.6 Å². The number of rotatable bonds is 5. The number of thioether (sulfide) groups is 1. The minimum atomic E-state index is -0.0728. The van der Waals surface area contributed by atoms with E-state index in [1.807, 2.05) is 60.7 Å². The molecule has 25 heavy (non-hydrogen) atoms. The summed E-state index contributed by atoms with van der Waals surface area (Å²) < 4.78 is 6.85. The molecule has 4 aromatic rings. The van der Waals surface area contributed by atoms with Crippen molar-refractivity contribution in [2.75, 3.05) is 10.7 Å². The molecule has 0 spiro atoms. The van der Waals surface area contributed by atoms with Crippen LogP contribution in [0.25, 0.3) is 5.84 Å². The second kappa shape index (κ2) is 6.78. The van der Waals surface area contributed by atoms with E-state index in [1.165, 1.54) is 22.6 Å². The van der Waals surface area contributed by atoms with Gasteiger partial charge in [0.05, 0.1) is 5.75 Å². The highest BCUT2D eigenvalue weighted by molar-refractivity contribution is 7.99. The van der Waals surface area contributed by atoms with E-state index in [0.29, 0.717) is 11.1 Å². The van der Waals surface area contributed by atoms with Crippen molar-refractivity contribution in [1.82, 2.24) is 19.8 Å². The first-order chi connectivity index (χ1) is 12.3. The maximum atomic E-state index is 12.9. The number of carbonyl (C=O) groups is 1. The summed E-state index contributed by atoms with van der Waals surface area (Å²) in [4.78, 5) is 14.6. The van der Waals surface area contributed by atoms with Gasteiger partial charge in [-0.15, -0.1) is 10.2 Å². The summed E-state index contributed by atoms with van der Waals surface area (Å²) >= 11 is 1.22. The number of para-hydroxylation sites is 2. The second-order valence-corrected chi connectivity index (χ2v) is 6.04. The molecule has 0 saturated heterocycles. The van der Waals surface area contributed by atoms with Crippen LogP contribution in [0.2, 0.25) is 0 Å². The average molecular weight is 351 g/mol. The van der Waals surface area contributed by atoms with Crippen molar-refractivity contribution in [3.05, 3.63) is 67.0 Å². The molecule has 4 rings (SSSR count). The molecule has 0 fully saturated rings. The SMILES string of the molecule is O=C(CSc1nn2cnnc2o1)N(c1ccccc1)c1ccccc1. The Morgan fingerprint density at radius 1 is 1.04 bits per heavy atom. The van der Waals surface area contributed by atoms with Crippen LogP contribution in [0.4, 0.5) is 11.4 Å². The zero-order valence-corrected chi connectivity index (χ0v) is 13.8. The van der Waals surface area contributed by atoms with Gasteiger partial charge >= 0.3 is 5.84 Å². The lowest BCUT2D eigenvalue weighted by Crippen LogP contribution is -2.27. The highest BCUT2D eigenvalue weighted by atomic mass is 32.2. The van der Waals surface area contributed by atoms with Gasteiger partial charge in [0.1, 0.15) is 6.33 Å². The summed E-state index contributed by atoms with van der Waals surface area (Å²) in [5.74, 6) is 0.412. The maximum absolute atomic E-state index is 12.9. The number of hydrogen-bond donors (Lipinski definition) is 0. The maximum Gasteiger partial charge on any atom is 0.345 e. The van der Waals surface area contributed by atoms with Crippen LogP contribution in [0.3, 0.4) is 0 Å². The largest absolute Gasteiger partial charge is 0.396 e. The first-order valence-electron chi connectivity index (χ1n) is 7.54. The topological polar surface area (TPSA) is 76.5 Å². The van der Waals surface area contributed by atoms with Gasteiger partial charge in [-0.2, -0.15) is 4.52 Å². The molecule has 0 bridgehead atoms. The fourth-order valence-corrected chi connectivity index (χ4v) is 3.03. The lowest BCUT2D eigenvalue weighted by molar-refractivity contribution is -0.115. The van der Waals surface area contributed by atoms with Gasteiger partial charge < -0.3 is 4.42 Å². The third-order valence-corrected chi connectivity index (χ3v) is 4.27. The second-order valence-electron chi connectivity index (χ2n) is 5.11. The minimum absolute atomic E-state index is 0.0728. The van der Waals surface area contributed by atoms with Crippen molar-refractivity contribution in [2.24, 2.45) is 0 Å². The molecule has 2 aromatic carbocycles. The normalized spacial score (nSPS) is 10.9. The van der Waals surface area contributed by atoms with E-state index in [2.05, 4.69) is 15.3 Å². The molecule has 1 amide bonds. The predicted molar refractivity (Wildman–Crippen MR) is 93.8 cm³/mol. The molecule has 7 nitrogen and oxygen atoms in total. The van der Waals surface area contributed by atoms with Gasteiger partial charge in [-0.1, -0.05) is 53.3 Å². The first kappa shape index (κ1) is 15.4. The first-order valence-corrected chi connectivity index (χ1v) is 8.52. The number of fused-ring (bicyclic) bond motifs is 1. The number of hydrogen-bond acceptors (Lipinski definition) is 6. The summed E-state index contributed by atoms with van der Waals surface area (Å²) in [5.41, 5.74) is 1.62. The van der Waals surface area contributed by atoms with Crippen LogP contribution < -0.4 is 4.90 Å². The third-order valence-electron chi connectivity index (χ3n) is 3.47. The molecule has 0 unspecified atom stereocenters. The van der Waals surface area contributed by atoms with Gasteiger partial charge in [0.25, 0.3) is 5.22 Å². The molecular weight excluding hydrogens is 338 g/mol. The Balaban J connectivity index is 1.56. The fourth-order valence-electron chi connectivity index (χ4n) is 2.38. The van der Waals surface area contributed by atoms with Gasteiger partial charge in [0.15, 0.2) is 0 Å². The Labute approximate surface area is 147 Å². The lowest BCUT2D eigenvalue weighted by atomic mass is 10.2. The number of benzene rings is 2. The van der Waals surface area contributed by atoms with Crippen molar-refractivity contribution in [2.45, 2.75) is 5.22 Å². The van der Waals surface area contributed by atoms with Crippen molar-refractivity contribution in [1.29, 1.82) is 0 Å². The van der Waals surface area contributed by atoms with E-state index in [-0.39, 0.29) is 11.7 Å². The fraction of sp³-hybridized carbons (Fsp3) is 0.0588. The van der Waals surface area contributed by atoms with Crippen LogP contribution >= 0.6 is 11.8 Å². The van der Waals surface area contributed by atoms with Crippen LogP contribution in [-0.4, -0.2) is 31.5 Å². The number of carbonyl (C=O) groups excluding carboxylic acids is 1. The van der Waals surface area contributed by atoms with Crippen molar-refractivity contribution < 1.29 is 9.21 Å². The summed E-state index contributed by atoms with van der Waals surface area (Å²) in [7, 11) is 0. The zero-order valence-electron chi connectivity index (χ0n) is 13.0. The predicted octanol–water partition coefficient (Wildman–Crippen LogP) is 3.17. The zero-order chi connectivity index (χ0) is 17.1. The summed E-state index contributed by atoms with van der Waals surface area (Å²) in [5, 5.41) is 12.0. The van der Waals surface area contributed by atoms with Gasteiger partial charge in [-0.05, 0) is 24.3 Å². The molecule has 0 saturated carbocycles. The molecule has 0 aliphatic heterocycles. The van der Waals surface area contributed by atoms with E-state index < -0.39 is 0 Å². The molecule has 0 atom stereocenters. The number of amides is 1. The Kier molecular flexibility index (Phi) is 4.17. The number of aromatic nitrogens is 4. The molecule has 8 heteroatoms. The molecule has 0 radical (unpaired) electrons. The van der Waals surface area contributed by atoms with E-state index in [9.17, 15) is 4.79 Å². The molecule has 0 aliphatic rings. The quantitative estimate of drug-likeness (QED) is 0.514. The standard InChI is InChI=1S/C17H13N5O2S/c23-15(11-25-17-20-21-12-18-19-16(21)24-17)22(13-7-3-1-4-8-13)14-9-5-2-6-10-14/h1-10,12H,11H2. The van der Waals surface area contributed by atoms with E-state index in [1.54, 1.807) is 4.90 Å². The Hall–Kier alpha value is -3.13. The van der Waals surface area contributed by atoms with Crippen LogP contribution in [0, 0.1) is 0 Å². The number of nitrogens with zero attached hydrogens (tertiary/aromatic N) is 5. The van der Waals surface area contributed by atoms with Crippen molar-refractivity contribution in [3.63, 3.8) is 0 Å². The molecule has 0 N–H and O–H groups in total. The van der Waals surface area contributed by atoms with Crippen LogP contribution in [0.1, 0.15) is 0 Å². The highest BCUT2D eigenvalue weighted by Crippen LogP contribution is 2.27. The van der Waals surface area contributed by atoms with E-state index in [0.717, 1.165) is 11.4 Å². The monoisotopic (exact) mass is 351 g/mol. The minimum Gasteiger partial charge on any atom is -0.396 e. The summed E-state index contributed by atoms with van der Waals surface area (Å²) in [6.07, 6.45) is 1.45. The van der Waals surface area contributed by atoms with Gasteiger partial charge in [-0.3, -0.25) is 9.69 Å². The Morgan fingerprint density at radius 2 is 1.68 bits per heavy atom. The smallest absolute Gasteiger partial charge is 0.345 e. The summed E-state index contributed by atoms with van der Waals surface area (Å²) in [6, 6.07) is 19.1. The van der Waals surface area contributed by atoms with Crippen LogP contribution in [0.5, 0.6) is 0 Å². The molecule has 124 valence electrons. The third kappa shape index (κ3) is 3.24. The molecule has 0 aliphatic carbocycles. The van der Waals surface area contributed by atoms with Crippen molar-refractivity contribution >= 4 is 34.9 Å². The van der Waals surface area contributed by atoms with Gasteiger partial charge in [0.2, 0.25) is 5.91 Å². The number of anilines is 2. The lowest BCUT2D eigenvalue weighted by Gasteiger charge is -2.22. The van der Waals surface area contributed by atoms with E-state index >= 15 is 0 Å². The van der Waals surface area contributed by atoms with Gasteiger partial charge in [-0.25, -0.2) is 0 Å². The molecular formula is C17H13N5O2S. The Bertz CT molecular complexity index is 916.